The van der Waals surface area contributed by atoms with E-state index in [-0.39, 0.29) is 11.3 Å². The molecule has 0 bridgehead atoms. The normalized spacial score (nSPS) is 10.7. The second kappa shape index (κ2) is 5.66. The van der Waals surface area contributed by atoms with Crippen molar-refractivity contribution in [2.75, 3.05) is 13.7 Å². The summed E-state index contributed by atoms with van der Waals surface area (Å²) >= 11 is 0. The van der Waals surface area contributed by atoms with Crippen LogP contribution in [0.15, 0.2) is 18.2 Å². The van der Waals surface area contributed by atoms with Gasteiger partial charge in [0.25, 0.3) is 6.43 Å². The van der Waals surface area contributed by atoms with Crippen LogP contribution in [-0.2, 0) is 6.42 Å². The Balaban J connectivity index is 3.02. The van der Waals surface area contributed by atoms with Crippen molar-refractivity contribution in [3.05, 3.63) is 29.3 Å². The van der Waals surface area contributed by atoms with Crippen molar-refractivity contribution in [2.24, 2.45) is 5.73 Å². The van der Waals surface area contributed by atoms with Crippen molar-refractivity contribution < 1.29 is 13.5 Å². The molecule has 84 valence electrons. The monoisotopic (exact) mass is 215 g/mol. The molecule has 4 heteroatoms. The number of ether oxygens (including phenoxy) is 1. The second-order valence-corrected chi connectivity index (χ2v) is 3.23. The first kappa shape index (κ1) is 11.9. The number of hydrogen-bond donors (Lipinski definition) is 1. The molecule has 0 fully saturated rings. The van der Waals surface area contributed by atoms with Crippen molar-refractivity contribution in [3.8, 4) is 5.75 Å². The molecule has 2 nitrogen and oxygen atoms in total. The minimum atomic E-state index is -2.51. The fourth-order valence-electron chi connectivity index (χ4n) is 1.53. The quantitative estimate of drug-likeness (QED) is 0.819. The lowest BCUT2D eigenvalue weighted by Gasteiger charge is -2.12. The van der Waals surface area contributed by atoms with Crippen LogP contribution < -0.4 is 10.5 Å². The van der Waals surface area contributed by atoms with E-state index in [1.165, 1.54) is 7.11 Å². The smallest absolute Gasteiger partial charge is 0.267 e. The average Bonchev–Trinajstić information content (AvgIpc) is 2.25. The molecule has 15 heavy (non-hydrogen) atoms. The lowest BCUT2D eigenvalue weighted by molar-refractivity contribution is 0.146. The van der Waals surface area contributed by atoms with Gasteiger partial charge in [-0.3, -0.25) is 0 Å². The molecule has 0 aliphatic heterocycles. The fraction of sp³-hybridized carbons (Fsp3) is 0.455. The molecular formula is C11H15F2NO. The van der Waals surface area contributed by atoms with Crippen molar-refractivity contribution >= 4 is 0 Å². The molecule has 0 atom stereocenters. The zero-order valence-corrected chi connectivity index (χ0v) is 8.67. The third-order valence-electron chi connectivity index (χ3n) is 2.24. The zero-order chi connectivity index (χ0) is 11.3. The van der Waals surface area contributed by atoms with Gasteiger partial charge in [0.1, 0.15) is 5.75 Å². The summed E-state index contributed by atoms with van der Waals surface area (Å²) in [5, 5.41) is 0. The van der Waals surface area contributed by atoms with Crippen LogP contribution in [0.25, 0.3) is 0 Å². The first-order valence-corrected chi connectivity index (χ1v) is 4.84. The minimum Gasteiger partial charge on any atom is -0.496 e. The molecule has 0 saturated carbocycles. The number of methoxy groups -OCH3 is 1. The summed E-state index contributed by atoms with van der Waals surface area (Å²) in [5.74, 6) is 0.250. The molecule has 1 rings (SSSR count). The zero-order valence-electron chi connectivity index (χ0n) is 8.67. The minimum absolute atomic E-state index is 0.00606. The Bertz CT molecular complexity index is 315. The molecule has 0 heterocycles. The molecule has 0 spiro atoms. The third-order valence-corrected chi connectivity index (χ3v) is 2.24. The van der Waals surface area contributed by atoms with E-state index in [1.54, 1.807) is 18.2 Å². The van der Waals surface area contributed by atoms with Crippen molar-refractivity contribution in [1.29, 1.82) is 0 Å². The summed E-state index contributed by atoms with van der Waals surface area (Å²) in [5.41, 5.74) is 5.97. The van der Waals surface area contributed by atoms with Crippen LogP contribution in [0, 0.1) is 0 Å². The van der Waals surface area contributed by atoms with Gasteiger partial charge in [0.2, 0.25) is 0 Å². The van der Waals surface area contributed by atoms with E-state index in [9.17, 15) is 8.78 Å². The second-order valence-electron chi connectivity index (χ2n) is 3.23. The highest BCUT2D eigenvalue weighted by molar-refractivity contribution is 5.41. The average molecular weight is 215 g/mol. The molecule has 2 N–H and O–H groups in total. The van der Waals surface area contributed by atoms with Gasteiger partial charge in [0.15, 0.2) is 0 Å². The van der Waals surface area contributed by atoms with E-state index in [0.717, 1.165) is 0 Å². The lowest BCUT2D eigenvalue weighted by atomic mass is 10.0. The number of benzene rings is 1. The largest absolute Gasteiger partial charge is 0.496 e. The molecule has 0 aromatic heterocycles. The van der Waals surface area contributed by atoms with Crippen molar-refractivity contribution in [2.45, 2.75) is 19.3 Å². The van der Waals surface area contributed by atoms with E-state index < -0.39 is 6.43 Å². The number of nitrogens with two attached hydrogens (primary N) is 1. The maximum absolute atomic E-state index is 12.8. The predicted octanol–water partition coefficient (Wildman–Crippen LogP) is 2.52. The predicted molar refractivity (Wildman–Crippen MR) is 55.3 cm³/mol. The van der Waals surface area contributed by atoms with E-state index in [2.05, 4.69) is 0 Å². The van der Waals surface area contributed by atoms with Crippen LogP contribution >= 0.6 is 0 Å². The number of aryl methyl sites for hydroxylation is 1. The SMILES string of the molecule is COc1cccc(CCCN)c1C(F)F. The summed E-state index contributed by atoms with van der Waals surface area (Å²) in [6, 6.07) is 4.96. The molecular weight excluding hydrogens is 200 g/mol. The topological polar surface area (TPSA) is 35.2 Å². The molecule has 0 saturated heterocycles. The highest BCUT2D eigenvalue weighted by Gasteiger charge is 2.17. The van der Waals surface area contributed by atoms with E-state index in [1.807, 2.05) is 0 Å². The van der Waals surface area contributed by atoms with Gasteiger partial charge < -0.3 is 10.5 Å². The van der Waals surface area contributed by atoms with Gasteiger partial charge in [-0.05, 0) is 31.0 Å². The molecule has 0 unspecified atom stereocenters. The Kier molecular flexibility index (Phi) is 4.49. The van der Waals surface area contributed by atoms with Gasteiger partial charge in [-0.2, -0.15) is 0 Å². The molecule has 1 aromatic carbocycles. The highest BCUT2D eigenvalue weighted by atomic mass is 19.3. The van der Waals surface area contributed by atoms with Crippen LogP contribution in [0.3, 0.4) is 0 Å². The molecule has 1 aromatic rings. The first-order chi connectivity index (χ1) is 7.20. The van der Waals surface area contributed by atoms with Gasteiger partial charge >= 0.3 is 0 Å². The summed E-state index contributed by atoms with van der Waals surface area (Å²) < 4.78 is 30.5. The summed E-state index contributed by atoms with van der Waals surface area (Å²) in [6.07, 6.45) is -1.24. The Hall–Kier alpha value is -1.16. The number of alkyl halides is 2. The standard InChI is InChI=1S/C11H15F2NO/c1-15-9-6-2-4-8(5-3-7-14)10(9)11(12)13/h2,4,6,11H,3,5,7,14H2,1H3. The highest BCUT2D eigenvalue weighted by Crippen LogP contribution is 2.32. The summed E-state index contributed by atoms with van der Waals surface area (Å²) in [7, 11) is 1.40. The fourth-order valence-corrected chi connectivity index (χ4v) is 1.53. The van der Waals surface area contributed by atoms with E-state index >= 15 is 0 Å². The van der Waals surface area contributed by atoms with Crippen LogP contribution in [0.1, 0.15) is 24.0 Å². The Morgan fingerprint density at radius 1 is 1.40 bits per heavy atom. The van der Waals surface area contributed by atoms with Crippen LogP contribution in [0.5, 0.6) is 5.75 Å². The Morgan fingerprint density at radius 2 is 2.13 bits per heavy atom. The van der Waals surface area contributed by atoms with Gasteiger partial charge in [-0.1, -0.05) is 12.1 Å². The van der Waals surface area contributed by atoms with Crippen molar-refractivity contribution in [1.82, 2.24) is 0 Å². The van der Waals surface area contributed by atoms with Gasteiger partial charge in [-0.15, -0.1) is 0 Å². The lowest BCUT2D eigenvalue weighted by Crippen LogP contribution is -2.04. The van der Waals surface area contributed by atoms with Gasteiger partial charge in [0.05, 0.1) is 12.7 Å². The van der Waals surface area contributed by atoms with Crippen LogP contribution in [0.4, 0.5) is 8.78 Å². The number of halogens is 2. The molecule has 0 radical (unpaired) electrons. The summed E-state index contributed by atoms with van der Waals surface area (Å²) in [4.78, 5) is 0. The Labute approximate surface area is 88.0 Å². The van der Waals surface area contributed by atoms with Crippen LogP contribution in [0.2, 0.25) is 0 Å². The third kappa shape index (κ3) is 2.89. The van der Waals surface area contributed by atoms with Gasteiger partial charge in [-0.25, -0.2) is 8.78 Å². The molecule has 0 aliphatic rings. The maximum atomic E-state index is 12.8. The molecule has 0 aliphatic carbocycles. The summed E-state index contributed by atoms with van der Waals surface area (Å²) in [6.45, 7) is 0.500. The Morgan fingerprint density at radius 3 is 2.67 bits per heavy atom. The molecule has 0 amide bonds. The first-order valence-electron chi connectivity index (χ1n) is 4.84. The number of rotatable bonds is 5. The van der Waals surface area contributed by atoms with E-state index in [4.69, 9.17) is 10.5 Å². The van der Waals surface area contributed by atoms with Crippen LogP contribution in [-0.4, -0.2) is 13.7 Å². The van der Waals surface area contributed by atoms with Gasteiger partial charge in [0, 0.05) is 0 Å². The maximum Gasteiger partial charge on any atom is 0.267 e. The number of hydrogen-bond acceptors (Lipinski definition) is 2. The van der Waals surface area contributed by atoms with Crippen molar-refractivity contribution in [3.63, 3.8) is 0 Å². The van der Waals surface area contributed by atoms with E-state index in [0.29, 0.717) is 24.9 Å².